The van der Waals surface area contributed by atoms with Gasteiger partial charge in [-0.1, -0.05) is 48.0 Å². The number of imidazole rings is 1. The van der Waals surface area contributed by atoms with Gasteiger partial charge in [-0.2, -0.15) is 0 Å². The van der Waals surface area contributed by atoms with Crippen molar-refractivity contribution in [3.63, 3.8) is 0 Å². The Morgan fingerprint density at radius 2 is 1.83 bits per heavy atom. The molecule has 0 saturated carbocycles. The molecule has 0 aliphatic heterocycles. The van der Waals surface area contributed by atoms with E-state index in [9.17, 15) is 9.18 Å². The Balaban J connectivity index is 1.46. The van der Waals surface area contributed by atoms with Crippen LogP contribution < -0.4 is 5.32 Å². The lowest BCUT2D eigenvalue weighted by Crippen LogP contribution is -2.25. The number of hydrogen-bond donors (Lipinski definition) is 1. The van der Waals surface area contributed by atoms with Gasteiger partial charge in [0.25, 0.3) is 5.91 Å². The highest BCUT2D eigenvalue weighted by Gasteiger charge is 2.13. The van der Waals surface area contributed by atoms with Crippen LogP contribution in [0, 0.1) is 5.82 Å². The highest BCUT2D eigenvalue weighted by atomic mass is 35.5. The zero-order valence-corrected chi connectivity index (χ0v) is 17.1. The van der Waals surface area contributed by atoms with Gasteiger partial charge in [0.2, 0.25) is 0 Å². The van der Waals surface area contributed by atoms with Gasteiger partial charge in [-0.05, 0) is 42.8 Å². The molecule has 6 heteroatoms. The minimum absolute atomic E-state index is 0.155. The predicted octanol–water partition coefficient (Wildman–Crippen LogP) is 5.24. The van der Waals surface area contributed by atoms with E-state index in [0.29, 0.717) is 42.1 Å². The fourth-order valence-corrected chi connectivity index (χ4v) is 3.66. The minimum atomic E-state index is -0.227. The van der Waals surface area contributed by atoms with Crippen LogP contribution in [0.1, 0.15) is 28.2 Å². The normalized spacial score (nSPS) is 11.0. The first-order chi connectivity index (χ1) is 14.6. The quantitative estimate of drug-likeness (QED) is 0.415. The topological polar surface area (TPSA) is 46.9 Å². The molecular formula is C24H21ClFN3O. The number of aromatic nitrogens is 2. The number of nitrogens with zero attached hydrogens (tertiary/aromatic N) is 2. The number of carbonyl (C=O) groups excluding carboxylic acids is 1. The lowest BCUT2D eigenvalue weighted by atomic mass is 10.2. The Morgan fingerprint density at radius 3 is 2.67 bits per heavy atom. The molecule has 30 heavy (non-hydrogen) atoms. The number of nitrogens with one attached hydrogen (secondary N) is 1. The molecule has 1 aromatic heterocycles. The summed E-state index contributed by atoms with van der Waals surface area (Å²) in [6.07, 6.45) is 1.38. The van der Waals surface area contributed by atoms with Gasteiger partial charge in [0.15, 0.2) is 0 Å². The van der Waals surface area contributed by atoms with Crippen LogP contribution in [0.3, 0.4) is 0 Å². The van der Waals surface area contributed by atoms with Crippen molar-refractivity contribution in [1.29, 1.82) is 0 Å². The van der Waals surface area contributed by atoms with Gasteiger partial charge in [-0.15, -0.1) is 0 Å². The van der Waals surface area contributed by atoms with Gasteiger partial charge < -0.3 is 9.88 Å². The monoisotopic (exact) mass is 421 g/mol. The average molecular weight is 422 g/mol. The van der Waals surface area contributed by atoms with Crippen LogP contribution in [0.5, 0.6) is 0 Å². The number of aryl methyl sites for hydroxylation is 1. The summed E-state index contributed by atoms with van der Waals surface area (Å²) in [6, 6.07) is 21.5. The maximum absolute atomic E-state index is 14.2. The highest BCUT2D eigenvalue weighted by Crippen LogP contribution is 2.20. The van der Waals surface area contributed by atoms with E-state index in [1.165, 1.54) is 6.07 Å². The molecule has 4 nitrogen and oxygen atoms in total. The molecule has 152 valence electrons. The molecule has 0 atom stereocenters. The van der Waals surface area contributed by atoms with Gasteiger partial charge in [-0.3, -0.25) is 4.79 Å². The summed E-state index contributed by atoms with van der Waals surface area (Å²) in [5, 5.41) is 3.45. The molecule has 4 rings (SSSR count). The van der Waals surface area contributed by atoms with Crippen LogP contribution in [0.25, 0.3) is 11.0 Å². The fourth-order valence-electron chi connectivity index (χ4n) is 3.47. The summed E-state index contributed by atoms with van der Waals surface area (Å²) in [5.41, 5.74) is 3.01. The van der Waals surface area contributed by atoms with E-state index in [1.807, 2.05) is 34.9 Å². The number of amides is 1. The van der Waals surface area contributed by atoms with E-state index in [1.54, 1.807) is 36.4 Å². The number of para-hydroxylation sites is 2. The molecule has 1 heterocycles. The van der Waals surface area contributed by atoms with Crippen molar-refractivity contribution in [1.82, 2.24) is 14.9 Å². The van der Waals surface area contributed by atoms with E-state index in [0.717, 1.165) is 16.9 Å². The van der Waals surface area contributed by atoms with Crippen LogP contribution in [0.15, 0.2) is 72.8 Å². The molecule has 4 aromatic rings. The molecule has 0 unspecified atom stereocenters. The Hall–Kier alpha value is -3.18. The van der Waals surface area contributed by atoms with Crippen LogP contribution in [-0.4, -0.2) is 22.0 Å². The van der Waals surface area contributed by atoms with Crippen LogP contribution >= 0.6 is 11.6 Å². The number of benzene rings is 3. The van der Waals surface area contributed by atoms with E-state index < -0.39 is 0 Å². The van der Waals surface area contributed by atoms with Gasteiger partial charge in [-0.25, -0.2) is 9.37 Å². The molecule has 3 aromatic carbocycles. The summed E-state index contributed by atoms with van der Waals surface area (Å²) in [4.78, 5) is 17.0. The molecule has 1 amide bonds. The Morgan fingerprint density at radius 1 is 1.03 bits per heavy atom. The van der Waals surface area contributed by atoms with Crippen molar-refractivity contribution >= 4 is 28.5 Å². The molecule has 0 spiro atoms. The summed E-state index contributed by atoms with van der Waals surface area (Å²) in [6.45, 7) is 0.922. The zero-order chi connectivity index (χ0) is 20.9. The molecule has 0 aliphatic carbocycles. The highest BCUT2D eigenvalue weighted by molar-refractivity contribution is 6.30. The molecule has 0 aliphatic rings. The predicted molar refractivity (Wildman–Crippen MR) is 117 cm³/mol. The van der Waals surface area contributed by atoms with E-state index in [-0.39, 0.29) is 11.7 Å². The van der Waals surface area contributed by atoms with Gasteiger partial charge >= 0.3 is 0 Å². The SMILES string of the molecule is O=C(NCCCc1nc2ccccc2n1Cc1ccccc1F)c1cccc(Cl)c1. The Labute approximate surface area is 179 Å². The first-order valence-corrected chi connectivity index (χ1v) is 10.2. The first-order valence-electron chi connectivity index (χ1n) is 9.83. The van der Waals surface area contributed by atoms with Crippen molar-refractivity contribution in [3.05, 3.63) is 101 Å². The molecule has 0 radical (unpaired) electrons. The number of rotatable bonds is 7. The van der Waals surface area contributed by atoms with Crippen molar-refractivity contribution in [3.8, 4) is 0 Å². The van der Waals surface area contributed by atoms with Gasteiger partial charge in [0.1, 0.15) is 11.6 Å². The fraction of sp³-hybridized carbons (Fsp3) is 0.167. The van der Waals surface area contributed by atoms with Crippen LogP contribution in [0.2, 0.25) is 5.02 Å². The van der Waals surface area contributed by atoms with Crippen molar-refractivity contribution in [2.45, 2.75) is 19.4 Å². The minimum Gasteiger partial charge on any atom is -0.352 e. The molecule has 0 fully saturated rings. The molecule has 0 saturated heterocycles. The van der Waals surface area contributed by atoms with E-state index in [2.05, 4.69) is 5.32 Å². The zero-order valence-electron chi connectivity index (χ0n) is 16.3. The lowest BCUT2D eigenvalue weighted by molar-refractivity contribution is 0.0953. The Kier molecular flexibility index (Phi) is 6.10. The number of fused-ring (bicyclic) bond motifs is 1. The third kappa shape index (κ3) is 4.52. The van der Waals surface area contributed by atoms with Gasteiger partial charge in [0, 0.05) is 29.1 Å². The van der Waals surface area contributed by atoms with Gasteiger partial charge in [0.05, 0.1) is 17.6 Å². The smallest absolute Gasteiger partial charge is 0.251 e. The maximum atomic E-state index is 14.2. The van der Waals surface area contributed by atoms with E-state index in [4.69, 9.17) is 16.6 Å². The Bertz CT molecular complexity index is 1190. The van der Waals surface area contributed by atoms with E-state index >= 15 is 0 Å². The molecule has 1 N–H and O–H groups in total. The molecule has 0 bridgehead atoms. The van der Waals surface area contributed by atoms with Crippen molar-refractivity contribution in [2.75, 3.05) is 6.54 Å². The first kappa shape index (κ1) is 20.1. The maximum Gasteiger partial charge on any atom is 0.251 e. The summed E-state index contributed by atoms with van der Waals surface area (Å²) >= 11 is 5.95. The van der Waals surface area contributed by atoms with Crippen LogP contribution in [0.4, 0.5) is 4.39 Å². The lowest BCUT2D eigenvalue weighted by Gasteiger charge is -2.11. The number of hydrogen-bond acceptors (Lipinski definition) is 2. The second-order valence-corrected chi connectivity index (χ2v) is 7.50. The second kappa shape index (κ2) is 9.09. The summed E-state index contributed by atoms with van der Waals surface area (Å²) < 4.78 is 16.3. The van der Waals surface area contributed by atoms with Crippen molar-refractivity contribution in [2.24, 2.45) is 0 Å². The number of halogens is 2. The summed E-state index contributed by atoms with van der Waals surface area (Å²) in [7, 11) is 0. The third-order valence-corrected chi connectivity index (χ3v) is 5.20. The average Bonchev–Trinajstić information content (AvgIpc) is 3.10. The second-order valence-electron chi connectivity index (χ2n) is 7.06. The van der Waals surface area contributed by atoms with Crippen molar-refractivity contribution < 1.29 is 9.18 Å². The van der Waals surface area contributed by atoms with Crippen LogP contribution in [-0.2, 0) is 13.0 Å². The largest absolute Gasteiger partial charge is 0.352 e. The summed E-state index contributed by atoms with van der Waals surface area (Å²) in [5.74, 6) is 0.490. The third-order valence-electron chi connectivity index (χ3n) is 4.97. The standard InChI is InChI=1S/C24H21ClFN3O/c25-19-9-5-8-17(15-19)24(30)27-14-6-13-23-28-21-11-3-4-12-22(21)29(23)16-18-7-1-2-10-20(18)26/h1-5,7-12,15H,6,13-14,16H2,(H,27,30). The molecular weight excluding hydrogens is 401 g/mol. The number of carbonyl (C=O) groups is 1.